The van der Waals surface area contributed by atoms with Gasteiger partial charge in [0.15, 0.2) is 0 Å². The highest BCUT2D eigenvalue weighted by Crippen LogP contribution is 2.24. The smallest absolute Gasteiger partial charge is 0.227 e. The number of benzene rings is 2. The molecule has 0 unspecified atom stereocenters. The van der Waals surface area contributed by atoms with E-state index in [4.69, 9.17) is 0 Å². The van der Waals surface area contributed by atoms with E-state index in [2.05, 4.69) is 22.3 Å². The summed E-state index contributed by atoms with van der Waals surface area (Å²) in [7, 11) is 0. The molecule has 22 heavy (non-hydrogen) atoms. The van der Waals surface area contributed by atoms with Crippen LogP contribution in [0.2, 0.25) is 0 Å². The number of carbonyl (C=O) groups excluding carboxylic acids is 1. The zero-order valence-corrected chi connectivity index (χ0v) is 12.3. The molecule has 0 radical (unpaired) electrons. The lowest BCUT2D eigenvalue weighted by molar-refractivity contribution is -0.120. The lowest BCUT2D eigenvalue weighted by Gasteiger charge is -2.33. The molecule has 0 aromatic heterocycles. The quantitative estimate of drug-likeness (QED) is 0.937. The second-order valence-corrected chi connectivity index (χ2v) is 5.60. The molecule has 4 heteroatoms. The number of hydrogen-bond acceptors (Lipinski definition) is 2. The van der Waals surface area contributed by atoms with Crippen LogP contribution in [0, 0.1) is 11.7 Å². The predicted octanol–water partition coefficient (Wildman–Crippen LogP) is 3.68. The Morgan fingerprint density at radius 3 is 2.45 bits per heavy atom. The van der Waals surface area contributed by atoms with Crippen molar-refractivity contribution in [1.29, 1.82) is 0 Å². The summed E-state index contributed by atoms with van der Waals surface area (Å²) in [6.07, 6.45) is 1.63. The van der Waals surface area contributed by atoms with Crippen molar-refractivity contribution in [1.82, 2.24) is 0 Å². The summed E-state index contributed by atoms with van der Waals surface area (Å²) in [5.41, 5.74) is 1.72. The summed E-state index contributed by atoms with van der Waals surface area (Å²) in [6.45, 7) is 1.73. The number of nitrogens with one attached hydrogen (secondary N) is 1. The molecule has 0 aliphatic carbocycles. The Balaban J connectivity index is 1.56. The number of halogens is 1. The molecule has 1 amide bonds. The van der Waals surface area contributed by atoms with Gasteiger partial charge in [-0.3, -0.25) is 4.79 Å². The maximum atomic E-state index is 13.1. The third kappa shape index (κ3) is 3.45. The minimum atomic E-state index is -0.336. The van der Waals surface area contributed by atoms with Gasteiger partial charge in [-0.05, 0) is 43.2 Å². The van der Waals surface area contributed by atoms with Crippen LogP contribution >= 0.6 is 0 Å². The van der Waals surface area contributed by atoms with E-state index < -0.39 is 0 Å². The summed E-state index contributed by atoms with van der Waals surface area (Å²) in [6, 6.07) is 16.3. The maximum absolute atomic E-state index is 13.1. The number of rotatable bonds is 3. The first kappa shape index (κ1) is 14.6. The Hall–Kier alpha value is -2.36. The maximum Gasteiger partial charge on any atom is 0.227 e. The molecule has 114 valence electrons. The van der Waals surface area contributed by atoms with Gasteiger partial charge < -0.3 is 10.2 Å². The van der Waals surface area contributed by atoms with Gasteiger partial charge >= 0.3 is 0 Å². The van der Waals surface area contributed by atoms with Crippen LogP contribution in [0.1, 0.15) is 12.8 Å². The van der Waals surface area contributed by atoms with Crippen LogP contribution in [0.3, 0.4) is 0 Å². The second kappa shape index (κ2) is 6.60. The highest BCUT2D eigenvalue weighted by Gasteiger charge is 2.25. The Morgan fingerprint density at radius 2 is 1.77 bits per heavy atom. The summed E-state index contributed by atoms with van der Waals surface area (Å²) in [4.78, 5) is 14.6. The monoisotopic (exact) mass is 298 g/mol. The molecular formula is C18H19FN2O. The fraction of sp³-hybridized carbons (Fsp3) is 0.278. The van der Waals surface area contributed by atoms with Crippen molar-refractivity contribution in [3.63, 3.8) is 0 Å². The molecule has 0 atom stereocenters. The molecule has 1 N–H and O–H groups in total. The van der Waals surface area contributed by atoms with Crippen LogP contribution in [0.4, 0.5) is 15.8 Å². The lowest BCUT2D eigenvalue weighted by atomic mass is 9.95. The van der Waals surface area contributed by atoms with Gasteiger partial charge in [0.2, 0.25) is 5.91 Å². The van der Waals surface area contributed by atoms with E-state index in [0.717, 1.165) is 25.9 Å². The van der Waals surface area contributed by atoms with Crippen LogP contribution < -0.4 is 10.2 Å². The Morgan fingerprint density at radius 1 is 1.05 bits per heavy atom. The van der Waals surface area contributed by atoms with Gasteiger partial charge in [-0.1, -0.05) is 24.3 Å². The zero-order chi connectivity index (χ0) is 15.4. The van der Waals surface area contributed by atoms with E-state index in [-0.39, 0.29) is 17.6 Å². The third-order valence-electron chi connectivity index (χ3n) is 4.08. The van der Waals surface area contributed by atoms with Gasteiger partial charge in [0.25, 0.3) is 0 Å². The number of nitrogens with zero attached hydrogens (tertiary/aromatic N) is 1. The topological polar surface area (TPSA) is 32.3 Å². The number of piperidine rings is 1. The largest absolute Gasteiger partial charge is 0.371 e. The second-order valence-electron chi connectivity index (χ2n) is 5.60. The first-order chi connectivity index (χ1) is 10.7. The molecular weight excluding hydrogens is 279 g/mol. The molecule has 2 aromatic rings. The van der Waals surface area contributed by atoms with Crippen molar-refractivity contribution < 1.29 is 9.18 Å². The van der Waals surface area contributed by atoms with Crippen LogP contribution in [0.5, 0.6) is 0 Å². The van der Waals surface area contributed by atoms with E-state index in [1.165, 1.54) is 17.8 Å². The van der Waals surface area contributed by atoms with Gasteiger partial charge in [-0.25, -0.2) is 4.39 Å². The highest BCUT2D eigenvalue weighted by molar-refractivity contribution is 5.92. The van der Waals surface area contributed by atoms with E-state index in [9.17, 15) is 9.18 Å². The van der Waals surface area contributed by atoms with Crippen LogP contribution in [-0.4, -0.2) is 19.0 Å². The third-order valence-corrected chi connectivity index (χ3v) is 4.08. The Labute approximate surface area is 129 Å². The van der Waals surface area contributed by atoms with Crippen LogP contribution in [-0.2, 0) is 4.79 Å². The molecule has 1 saturated heterocycles. The van der Waals surface area contributed by atoms with Crippen molar-refractivity contribution in [2.75, 3.05) is 23.3 Å². The van der Waals surface area contributed by atoms with Crippen molar-refractivity contribution in [3.8, 4) is 0 Å². The summed E-state index contributed by atoms with van der Waals surface area (Å²) in [5, 5.41) is 2.81. The molecule has 0 saturated carbocycles. The molecule has 1 aliphatic rings. The van der Waals surface area contributed by atoms with Crippen molar-refractivity contribution in [2.45, 2.75) is 12.8 Å². The summed E-state index contributed by atoms with van der Waals surface area (Å²) >= 11 is 0. The van der Waals surface area contributed by atoms with Crippen LogP contribution in [0.15, 0.2) is 54.6 Å². The molecule has 0 spiro atoms. The fourth-order valence-electron chi connectivity index (χ4n) is 2.85. The van der Waals surface area contributed by atoms with E-state index in [1.807, 2.05) is 18.2 Å². The van der Waals surface area contributed by atoms with E-state index in [1.54, 1.807) is 12.1 Å². The zero-order valence-electron chi connectivity index (χ0n) is 12.3. The first-order valence-corrected chi connectivity index (χ1v) is 7.59. The van der Waals surface area contributed by atoms with Gasteiger partial charge in [0, 0.05) is 30.4 Å². The SMILES string of the molecule is O=C(Nc1cccc(F)c1)C1CCN(c2ccccc2)CC1. The standard InChI is InChI=1S/C18H19FN2O/c19-15-5-4-6-16(13-15)20-18(22)14-9-11-21(12-10-14)17-7-2-1-3-8-17/h1-8,13-14H,9-12H2,(H,20,22). The van der Waals surface area contributed by atoms with Crippen LogP contribution in [0.25, 0.3) is 0 Å². The number of anilines is 2. The van der Waals surface area contributed by atoms with Gasteiger partial charge in [-0.15, -0.1) is 0 Å². The molecule has 3 rings (SSSR count). The summed E-state index contributed by atoms with van der Waals surface area (Å²) in [5.74, 6) is -0.363. The van der Waals surface area contributed by atoms with Crippen molar-refractivity contribution >= 4 is 17.3 Å². The Bertz CT molecular complexity index is 637. The molecule has 3 nitrogen and oxygen atoms in total. The minimum absolute atomic E-state index is 0.0109. The normalized spacial score (nSPS) is 15.6. The first-order valence-electron chi connectivity index (χ1n) is 7.59. The van der Waals surface area contributed by atoms with E-state index in [0.29, 0.717) is 5.69 Å². The molecule has 1 heterocycles. The fourth-order valence-corrected chi connectivity index (χ4v) is 2.85. The number of amides is 1. The van der Waals surface area contributed by atoms with Gasteiger partial charge in [0.1, 0.15) is 5.82 Å². The molecule has 1 aliphatic heterocycles. The number of hydrogen-bond donors (Lipinski definition) is 1. The van der Waals surface area contributed by atoms with Gasteiger partial charge in [0.05, 0.1) is 0 Å². The van der Waals surface area contributed by atoms with Gasteiger partial charge in [-0.2, -0.15) is 0 Å². The highest BCUT2D eigenvalue weighted by atomic mass is 19.1. The average Bonchev–Trinajstić information content (AvgIpc) is 2.56. The predicted molar refractivity (Wildman–Crippen MR) is 86.4 cm³/mol. The Kier molecular flexibility index (Phi) is 4.37. The molecule has 1 fully saturated rings. The lowest BCUT2D eigenvalue weighted by Crippen LogP contribution is -2.38. The number of para-hydroxylation sites is 1. The average molecular weight is 298 g/mol. The van der Waals surface area contributed by atoms with Crippen molar-refractivity contribution in [3.05, 3.63) is 60.4 Å². The molecule has 2 aromatic carbocycles. The minimum Gasteiger partial charge on any atom is -0.371 e. The summed E-state index contributed by atoms with van der Waals surface area (Å²) < 4.78 is 13.1. The molecule has 0 bridgehead atoms. The van der Waals surface area contributed by atoms with E-state index >= 15 is 0 Å². The van der Waals surface area contributed by atoms with Crippen molar-refractivity contribution in [2.24, 2.45) is 5.92 Å². The number of carbonyl (C=O) groups is 1.